The Morgan fingerprint density at radius 2 is 1.73 bits per heavy atom. The molecule has 3 rings (SSSR count). The van der Waals surface area contributed by atoms with E-state index in [2.05, 4.69) is 10.3 Å². The van der Waals surface area contributed by atoms with Crippen LogP contribution in [-0.2, 0) is 13.0 Å². The number of rotatable bonds is 5. The molecule has 2 aromatic carbocycles. The van der Waals surface area contributed by atoms with Gasteiger partial charge in [-0.15, -0.1) is 5.10 Å². The van der Waals surface area contributed by atoms with Crippen molar-refractivity contribution in [3.05, 3.63) is 82.1 Å². The first kappa shape index (κ1) is 14.5. The van der Waals surface area contributed by atoms with Crippen LogP contribution in [0.25, 0.3) is 0 Å². The number of halogens is 1. The van der Waals surface area contributed by atoms with E-state index in [0.717, 1.165) is 23.1 Å². The average Bonchev–Trinajstić information content (AvgIpc) is 2.92. The van der Waals surface area contributed by atoms with E-state index in [1.807, 2.05) is 54.6 Å². The minimum Gasteiger partial charge on any atom is -0.296 e. The third-order valence-electron chi connectivity index (χ3n) is 3.44. The van der Waals surface area contributed by atoms with Gasteiger partial charge in [-0.05, 0) is 23.3 Å². The SMILES string of the molecule is O=Cc1nnn(Cc2ccc(Cl)cc2)c1Cc1ccccc1. The molecule has 22 heavy (non-hydrogen) atoms. The van der Waals surface area contributed by atoms with Gasteiger partial charge in [0.15, 0.2) is 6.29 Å². The standard InChI is InChI=1S/C17H14ClN3O/c18-15-8-6-14(7-9-15)11-21-17(16(12-22)19-20-21)10-13-4-2-1-3-5-13/h1-9,12H,10-11H2. The highest BCUT2D eigenvalue weighted by molar-refractivity contribution is 6.30. The quantitative estimate of drug-likeness (QED) is 0.679. The van der Waals surface area contributed by atoms with E-state index in [4.69, 9.17) is 11.6 Å². The summed E-state index contributed by atoms with van der Waals surface area (Å²) in [5.74, 6) is 0. The second kappa shape index (κ2) is 6.54. The molecule has 0 saturated heterocycles. The van der Waals surface area contributed by atoms with Crippen LogP contribution < -0.4 is 0 Å². The van der Waals surface area contributed by atoms with Gasteiger partial charge in [0.05, 0.1) is 12.2 Å². The summed E-state index contributed by atoms with van der Waals surface area (Å²) in [6, 6.07) is 17.5. The molecule has 0 spiro atoms. The number of hydrogen-bond acceptors (Lipinski definition) is 3. The van der Waals surface area contributed by atoms with Crippen molar-refractivity contribution in [1.82, 2.24) is 15.0 Å². The topological polar surface area (TPSA) is 47.8 Å². The van der Waals surface area contributed by atoms with Crippen LogP contribution in [0.2, 0.25) is 5.02 Å². The van der Waals surface area contributed by atoms with E-state index >= 15 is 0 Å². The molecule has 110 valence electrons. The van der Waals surface area contributed by atoms with Crippen molar-refractivity contribution in [3.63, 3.8) is 0 Å². The van der Waals surface area contributed by atoms with Crippen molar-refractivity contribution in [2.45, 2.75) is 13.0 Å². The van der Waals surface area contributed by atoms with Crippen LogP contribution in [0.15, 0.2) is 54.6 Å². The highest BCUT2D eigenvalue weighted by Crippen LogP contribution is 2.15. The highest BCUT2D eigenvalue weighted by Gasteiger charge is 2.13. The van der Waals surface area contributed by atoms with Gasteiger partial charge in [-0.25, -0.2) is 4.68 Å². The molecule has 5 heteroatoms. The molecule has 0 fully saturated rings. The number of nitrogens with zero attached hydrogens (tertiary/aromatic N) is 3. The number of carbonyl (C=O) groups excluding carboxylic acids is 1. The molecular formula is C17H14ClN3O. The normalized spacial score (nSPS) is 10.6. The first-order valence-electron chi connectivity index (χ1n) is 6.92. The van der Waals surface area contributed by atoms with Crippen molar-refractivity contribution in [1.29, 1.82) is 0 Å². The summed E-state index contributed by atoms with van der Waals surface area (Å²) in [5, 5.41) is 8.76. The van der Waals surface area contributed by atoms with Crippen LogP contribution in [0.5, 0.6) is 0 Å². The maximum atomic E-state index is 11.2. The van der Waals surface area contributed by atoms with E-state index in [0.29, 0.717) is 23.7 Å². The summed E-state index contributed by atoms with van der Waals surface area (Å²) in [7, 11) is 0. The lowest BCUT2D eigenvalue weighted by molar-refractivity contribution is 0.111. The summed E-state index contributed by atoms with van der Waals surface area (Å²) in [5.41, 5.74) is 3.38. The highest BCUT2D eigenvalue weighted by atomic mass is 35.5. The van der Waals surface area contributed by atoms with E-state index in [1.54, 1.807) is 4.68 Å². The Labute approximate surface area is 133 Å². The number of carbonyl (C=O) groups is 1. The third-order valence-corrected chi connectivity index (χ3v) is 3.69. The molecule has 3 aromatic rings. The molecule has 0 unspecified atom stereocenters. The van der Waals surface area contributed by atoms with E-state index in [9.17, 15) is 4.79 Å². The Morgan fingerprint density at radius 1 is 1.00 bits per heavy atom. The number of benzene rings is 2. The van der Waals surface area contributed by atoms with E-state index in [-0.39, 0.29) is 0 Å². The summed E-state index contributed by atoms with van der Waals surface area (Å²) in [6.45, 7) is 0.556. The monoisotopic (exact) mass is 311 g/mol. The van der Waals surface area contributed by atoms with Crippen LogP contribution in [0.1, 0.15) is 27.3 Å². The van der Waals surface area contributed by atoms with Gasteiger partial charge in [0.2, 0.25) is 0 Å². The lowest BCUT2D eigenvalue weighted by Crippen LogP contribution is -2.08. The van der Waals surface area contributed by atoms with Gasteiger partial charge >= 0.3 is 0 Å². The second-order valence-electron chi connectivity index (χ2n) is 4.99. The van der Waals surface area contributed by atoms with E-state index < -0.39 is 0 Å². The Morgan fingerprint density at radius 3 is 2.41 bits per heavy atom. The van der Waals surface area contributed by atoms with Gasteiger partial charge in [-0.2, -0.15) is 0 Å². The zero-order chi connectivity index (χ0) is 15.4. The molecule has 0 N–H and O–H groups in total. The van der Waals surface area contributed by atoms with Crippen LogP contribution in [0, 0.1) is 0 Å². The molecule has 0 radical (unpaired) electrons. The van der Waals surface area contributed by atoms with Crippen molar-refractivity contribution in [2.75, 3.05) is 0 Å². The number of aldehydes is 1. The second-order valence-corrected chi connectivity index (χ2v) is 5.42. The minimum absolute atomic E-state index is 0.387. The molecule has 0 atom stereocenters. The smallest absolute Gasteiger partial charge is 0.172 e. The Balaban J connectivity index is 1.89. The zero-order valence-electron chi connectivity index (χ0n) is 11.8. The molecule has 0 amide bonds. The predicted molar refractivity (Wildman–Crippen MR) is 85.2 cm³/mol. The van der Waals surface area contributed by atoms with Crippen LogP contribution in [-0.4, -0.2) is 21.3 Å². The maximum Gasteiger partial charge on any atom is 0.172 e. The van der Waals surface area contributed by atoms with Gasteiger partial charge in [-0.1, -0.05) is 59.3 Å². The Kier molecular flexibility index (Phi) is 4.30. The summed E-state index contributed by atoms with van der Waals surface area (Å²) < 4.78 is 1.76. The van der Waals surface area contributed by atoms with Crippen molar-refractivity contribution < 1.29 is 4.79 Å². The van der Waals surface area contributed by atoms with Crippen LogP contribution in [0.4, 0.5) is 0 Å². The predicted octanol–water partition coefficient (Wildman–Crippen LogP) is 3.38. The molecule has 0 bridgehead atoms. The number of hydrogen-bond donors (Lipinski definition) is 0. The maximum absolute atomic E-state index is 11.2. The molecule has 1 heterocycles. The lowest BCUT2D eigenvalue weighted by atomic mass is 10.1. The Bertz CT molecular complexity index is 766. The van der Waals surface area contributed by atoms with Gasteiger partial charge < -0.3 is 0 Å². The molecular weight excluding hydrogens is 298 g/mol. The molecule has 0 aliphatic carbocycles. The van der Waals surface area contributed by atoms with Crippen LogP contribution >= 0.6 is 11.6 Å². The summed E-state index contributed by atoms with van der Waals surface area (Å²) in [4.78, 5) is 11.2. The van der Waals surface area contributed by atoms with Gasteiger partial charge in [-0.3, -0.25) is 4.79 Å². The largest absolute Gasteiger partial charge is 0.296 e. The number of aromatic nitrogens is 3. The first-order valence-corrected chi connectivity index (χ1v) is 7.30. The summed E-state index contributed by atoms with van der Waals surface area (Å²) >= 11 is 5.90. The Hall–Kier alpha value is -2.46. The molecule has 0 saturated carbocycles. The lowest BCUT2D eigenvalue weighted by Gasteiger charge is -2.07. The van der Waals surface area contributed by atoms with Crippen LogP contribution in [0.3, 0.4) is 0 Å². The van der Waals surface area contributed by atoms with Gasteiger partial charge in [0, 0.05) is 11.4 Å². The fourth-order valence-corrected chi connectivity index (χ4v) is 2.42. The van der Waals surface area contributed by atoms with Gasteiger partial charge in [0.25, 0.3) is 0 Å². The van der Waals surface area contributed by atoms with Crippen molar-refractivity contribution in [2.24, 2.45) is 0 Å². The average molecular weight is 312 g/mol. The van der Waals surface area contributed by atoms with E-state index in [1.165, 1.54) is 0 Å². The van der Waals surface area contributed by atoms with Crippen molar-refractivity contribution >= 4 is 17.9 Å². The minimum atomic E-state index is 0.387. The molecule has 0 aliphatic heterocycles. The fourth-order valence-electron chi connectivity index (χ4n) is 2.30. The van der Waals surface area contributed by atoms with Crippen molar-refractivity contribution in [3.8, 4) is 0 Å². The first-order chi connectivity index (χ1) is 10.8. The summed E-state index contributed by atoms with van der Waals surface area (Å²) in [6.07, 6.45) is 1.37. The van der Waals surface area contributed by atoms with Gasteiger partial charge in [0.1, 0.15) is 5.69 Å². The fraction of sp³-hybridized carbons (Fsp3) is 0.118. The third kappa shape index (κ3) is 3.23. The zero-order valence-corrected chi connectivity index (χ0v) is 12.6. The molecule has 1 aromatic heterocycles. The molecule has 0 aliphatic rings. The molecule has 4 nitrogen and oxygen atoms in total.